The van der Waals surface area contributed by atoms with E-state index < -0.39 is 0 Å². The fraction of sp³-hybridized carbons (Fsp3) is 0.333. The maximum Gasteiger partial charge on any atom is 0.163 e. The molecular formula is C12H16N4. The number of benzene rings is 1. The van der Waals surface area contributed by atoms with Crippen molar-refractivity contribution >= 4 is 5.69 Å². The second-order valence-corrected chi connectivity index (χ2v) is 4.32. The lowest BCUT2D eigenvalue weighted by Gasteiger charge is -2.08. The van der Waals surface area contributed by atoms with Crippen LogP contribution in [0.25, 0.3) is 11.4 Å². The molecule has 2 N–H and O–H groups in total. The van der Waals surface area contributed by atoms with Crippen LogP contribution in [0.4, 0.5) is 5.69 Å². The van der Waals surface area contributed by atoms with Gasteiger partial charge in [0.2, 0.25) is 0 Å². The van der Waals surface area contributed by atoms with Gasteiger partial charge in [-0.25, -0.2) is 0 Å². The van der Waals surface area contributed by atoms with E-state index in [1.807, 2.05) is 24.3 Å². The van der Waals surface area contributed by atoms with Crippen LogP contribution in [0.1, 0.15) is 13.8 Å². The van der Waals surface area contributed by atoms with Crippen molar-refractivity contribution in [1.29, 1.82) is 0 Å². The van der Waals surface area contributed by atoms with Crippen LogP contribution in [-0.4, -0.2) is 14.8 Å². The van der Waals surface area contributed by atoms with Gasteiger partial charge in [-0.05, 0) is 30.2 Å². The predicted molar refractivity (Wildman–Crippen MR) is 64.7 cm³/mol. The Balaban J connectivity index is 2.33. The first-order chi connectivity index (χ1) is 7.66. The van der Waals surface area contributed by atoms with Crippen LogP contribution in [0.15, 0.2) is 30.6 Å². The Morgan fingerprint density at radius 2 is 1.94 bits per heavy atom. The van der Waals surface area contributed by atoms with E-state index in [0.29, 0.717) is 5.92 Å². The van der Waals surface area contributed by atoms with Gasteiger partial charge in [0.05, 0.1) is 0 Å². The van der Waals surface area contributed by atoms with Crippen molar-refractivity contribution < 1.29 is 0 Å². The van der Waals surface area contributed by atoms with Gasteiger partial charge < -0.3 is 10.3 Å². The second-order valence-electron chi connectivity index (χ2n) is 4.32. The molecule has 4 nitrogen and oxygen atoms in total. The summed E-state index contributed by atoms with van der Waals surface area (Å²) in [4.78, 5) is 0. The highest BCUT2D eigenvalue weighted by Crippen LogP contribution is 2.18. The van der Waals surface area contributed by atoms with E-state index >= 15 is 0 Å². The third-order valence-corrected chi connectivity index (χ3v) is 2.35. The van der Waals surface area contributed by atoms with Gasteiger partial charge >= 0.3 is 0 Å². The van der Waals surface area contributed by atoms with E-state index in [9.17, 15) is 0 Å². The summed E-state index contributed by atoms with van der Waals surface area (Å²) in [6, 6.07) is 7.69. The van der Waals surface area contributed by atoms with Crippen LogP contribution in [-0.2, 0) is 6.54 Å². The molecule has 1 aromatic carbocycles. The highest BCUT2D eigenvalue weighted by molar-refractivity contribution is 5.58. The van der Waals surface area contributed by atoms with Crippen molar-refractivity contribution in [3.05, 3.63) is 30.6 Å². The second kappa shape index (κ2) is 4.35. The van der Waals surface area contributed by atoms with Gasteiger partial charge in [0, 0.05) is 17.8 Å². The lowest BCUT2D eigenvalue weighted by Crippen LogP contribution is -2.05. The molecule has 0 aliphatic carbocycles. The van der Waals surface area contributed by atoms with Gasteiger partial charge in [-0.15, -0.1) is 10.2 Å². The topological polar surface area (TPSA) is 56.7 Å². The summed E-state index contributed by atoms with van der Waals surface area (Å²) in [6.07, 6.45) is 1.77. The minimum atomic E-state index is 0.573. The molecule has 2 rings (SSSR count). The fourth-order valence-electron chi connectivity index (χ4n) is 1.64. The van der Waals surface area contributed by atoms with Gasteiger partial charge in [-0.3, -0.25) is 0 Å². The highest BCUT2D eigenvalue weighted by atomic mass is 15.3. The van der Waals surface area contributed by atoms with Crippen LogP contribution in [0, 0.1) is 5.92 Å². The minimum Gasteiger partial charge on any atom is -0.399 e. The molecule has 0 fully saturated rings. The van der Waals surface area contributed by atoms with Gasteiger partial charge in [-0.2, -0.15) is 0 Å². The Morgan fingerprint density at radius 1 is 1.25 bits per heavy atom. The predicted octanol–water partition coefficient (Wildman–Crippen LogP) is 2.18. The van der Waals surface area contributed by atoms with Crippen LogP contribution >= 0.6 is 0 Å². The van der Waals surface area contributed by atoms with E-state index in [1.165, 1.54) is 0 Å². The van der Waals surface area contributed by atoms with E-state index in [-0.39, 0.29) is 0 Å². The maximum absolute atomic E-state index is 5.66. The first kappa shape index (κ1) is 10.7. The molecule has 1 aromatic heterocycles. The van der Waals surface area contributed by atoms with E-state index in [4.69, 9.17) is 5.73 Å². The van der Waals surface area contributed by atoms with Crippen LogP contribution in [0.2, 0.25) is 0 Å². The lowest BCUT2D eigenvalue weighted by atomic mass is 10.2. The van der Waals surface area contributed by atoms with E-state index in [2.05, 4.69) is 28.6 Å². The largest absolute Gasteiger partial charge is 0.399 e. The minimum absolute atomic E-state index is 0.573. The Morgan fingerprint density at radius 3 is 2.56 bits per heavy atom. The monoisotopic (exact) mass is 216 g/mol. The summed E-state index contributed by atoms with van der Waals surface area (Å²) in [5.74, 6) is 1.47. The third kappa shape index (κ3) is 2.21. The molecule has 0 atom stereocenters. The molecule has 2 aromatic rings. The van der Waals surface area contributed by atoms with Crippen LogP contribution < -0.4 is 5.73 Å². The Labute approximate surface area is 95.1 Å². The summed E-state index contributed by atoms with van der Waals surface area (Å²) in [5.41, 5.74) is 7.47. The normalized spacial score (nSPS) is 10.9. The molecule has 0 aliphatic rings. The Bertz CT molecular complexity index is 456. The number of nitrogens with zero attached hydrogens (tertiary/aromatic N) is 3. The third-order valence-electron chi connectivity index (χ3n) is 2.35. The fourth-order valence-corrected chi connectivity index (χ4v) is 1.64. The van der Waals surface area contributed by atoms with Crippen molar-refractivity contribution in [3.63, 3.8) is 0 Å². The number of nitrogens with two attached hydrogens (primary N) is 1. The molecular weight excluding hydrogens is 200 g/mol. The molecule has 0 bridgehead atoms. The summed E-state index contributed by atoms with van der Waals surface area (Å²) in [5, 5.41) is 8.10. The number of rotatable bonds is 3. The van der Waals surface area contributed by atoms with Crippen LogP contribution in [0.5, 0.6) is 0 Å². The molecule has 4 heteroatoms. The molecule has 0 spiro atoms. The zero-order valence-electron chi connectivity index (χ0n) is 9.59. The number of nitrogen functional groups attached to an aromatic ring is 1. The standard InChI is InChI=1S/C12H16N4/c1-9(2)7-16-8-14-15-12(16)10-3-5-11(13)6-4-10/h3-6,8-9H,7,13H2,1-2H3. The van der Waals surface area contributed by atoms with E-state index in [0.717, 1.165) is 23.6 Å². The van der Waals surface area contributed by atoms with Crippen molar-refractivity contribution in [2.75, 3.05) is 5.73 Å². The van der Waals surface area contributed by atoms with E-state index in [1.54, 1.807) is 6.33 Å². The van der Waals surface area contributed by atoms with Crippen molar-refractivity contribution in [2.45, 2.75) is 20.4 Å². The average molecular weight is 216 g/mol. The summed E-state index contributed by atoms with van der Waals surface area (Å²) >= 11 is 0. The summed E-state index contributed by atoms with van der Waals surface area (Å²) in [7, 11) is 0. The molecule has 0 amide bonds. The average Bonchev–Trinajstić information content (AvgIpc) is 2.66. The molecule has 0 saturated carbocycles. The molecule has 0 aliphatic heterocycles. The van der Waals surface area contributed by atoms with Crippen LogP contribution in [0.3, 0.4) is 0 Å². The zero-order valence-corrected chi connectivity index (χ0v) is 9.59. The highest BCUT2D eigenvalue weighted by Gasteiger charge is 2.07. The molecule has 0 radical (unpaired) electrons. The first-order valence-corrected chi connectivity index (χ1v) is 5.40. The van der Waals surface area contributed by atoms with Gasteiger partial charge in [0.1, 0.15) is 6.33 Å². The van der Waals surface area contributed by atoms with Gasteiger partial charge in [-0.1, -0.05) is 13.8 Å². The smallest absolute Gasteiger partial charge is 0.163 e. The first-order valence-electron chi connectivity index (χ1n) is 5.40. The lowest BCUT2D eigenvalue weighted by molar-refractivity contribution is 0.525. The number of hydrogen-bond acceptors (Lipinski definition) is 3. The Hall–Kier alpha value is -1.84. The molecule has 16 heavy (non-hydrogen) atoms. The Kier molecular flexibility index (Phi) is 2.90. The molecule has 1 heterocycles. The van der Waals surface area contributed by atoms with Gasteiger partial charge in [0.15, 0.2) is 5.82 Å². The van der Waals surface area contributed by atoms with Crippen molar-refractivity contribution in [3.8, 4) is 11.4 Å². The molecule has 0 unspecified atom stereocenters. The van der Waals surface area contributed by atoms with Crippen molar-refractivity contribution in [2.24, 2.45) is 5.92 Å². The summed E-state index contributed by atoms with van der Waals surface area (Å²) < 4.78 is 2.07. The molecule has 0 saturated heterocycles. The summed E-state index contributed by atoms with van der Waals surface area (Å²) in [6.45, 7) is 5.27. The molecule has 84 valence electrons. The number of aromatic nitrogens is 3. The zero-order chi connectivity index (χ0) is 11.5. The number of hydrogen-bond donors (Lipinski definition) is 1. The van der Waals surface area contributed by atoms with Crippen molar-refractivity contribution in [1.82, 2.24) is 14.8 Å². The number of anilines is 1. The maximum atomic E-state index is 5.66. The SMILES string of the molecule is CC(C)Cn1cnnc1-c1ccc(N)cc1. The van der Waals surface area contributed by atoms with Gasteiger partial charge in [0.25, 0.3) is 0 Å². The quantitative estimate of drug-likeness (QED) is 0.800.